The van der Waals surface area contributed by atoms with Crippen molar-refractivity contribution < 1.29 is 14.4 Å². The van der Waals surface area contributed by atoms with Crippen molar-refractivity contribution in [3.8, 4) is 0 Å². The third-order valence-electron chi connectivity index (χ3n) is 7.29. The molecular formula is C25H35N3O3S. The fraction of sp³-hybridized carbons (Fsp3) is 0.640. The number of rotatable bonds is 6. The first-order chi connectivity index (χ1) is 15.2. The minimum Gasteiger partial charge on any atom is -0.352 e. The summed E-state index contributed by atoms with van der Waals surface area (Å²) in [6.45, 7) is 8.05. The van der Waals surface area contributed by atoms with E-state index >= 15 is 0 Å². The summed E-state index contributed by atoms with van der Waals surface area (Å²) in [5, 5.41) is 6.07. The third-order valence-corrected chi connectivity index (χ3v) is 8.82. The Kier molecular flexibility index (Phi) is 6.57. The standard InChI is InChI=1S/C25H35N3O3S/c1-5-15(2)19(21(29)26-16-11-7-6-8-12-16)27-22(30)20-25(3,4)32-24-18-14-10-9-13-17(18)23(31)28(20)24/h9-10,13-16,19-20,24H,5-8,11-12H2,1-4H3,(H,26,29)(H,27,30). The van der Waals surface area contributed by atoms with Gasteiger partial charge in [0.1, 0.15) is 17.5 Å². The van der Waals surface area contributed by atoms with Crippen LogP contribution in [-0.4, -0.2) is 45.5 Å². The minimum atomic E-state index is -0.633. The van der Waals surface area contributed by atoms with Gasteiger partial charge in [0.05, 0.1) is 0 Å². The average molecular weight is 458 g/mol. The number of fused-ring (bicyclic) bond motifs is 3. The van der Waals surface area contributed by atoms with Crippen LogP contribution in [0.15, 0.2) is 24.3 Å². The van der Waals surface area contributed by atoms with E-state index in [0.29, 0.717) is 5.56 Å². The summed E-state index contributed by atoms with van der Waals surface area (Å²) in [5.41, 5.74) is 1.64. The molecule has 1 saturated heterocycles. The van der Waals surface area contributed by atoms with Crippen molar-refractivity contribution in [2.45, 2.75) is 94.5 Å². The molecular weight excluding hydrogens is 422 g/mol. The van der Waals surface area contributed by atoms with Crippen molar-refractivity contribution in [2.75, 3.05) is 0 Å². The molecule has 1 aromatic carbocycles. The van der Waals surface area contributed by atoms with Crippen LogP contribution in [0.1, 0.15) is 87.5 Å². The SMILES string of the molecule is CCC(C)C(NC(=O)C1N2C(=O)c3ccccc3C2SC1(C)C)C(=O)NC1CCCCC1. The fourth-order valence-corrected chi connectivity index (χ4v) is 6.87. The van der Waals surface area contributed by atoms with Crippen LogP contribution in [0.25, 0.3) is 0 Å². The number of hydrogen-bond donors (Lipinski definition) is 2. The van der Waals surface area contributed by atoms with E-state index in [0.717, 1.165) is 37.7 Å². The van der Waals surface area contributed by atoms with Gasteiger partial charge in [0.15, 0.2) is 0 Å². The van der Waals surface area contributed by atoms with E-state index in [1.54, 1.807) is 16.7 Å². The van der Waals surface area contributed by atoms with Crippen molar-refractivity contribution in [1.82, 2.24) is 15.5 Å². The Labute approximate surface area is 195 Å². The highest BCUT2D eigenvalue weighted by atomic mass is 32.2. The smallest absolute Gasteiger partial charge is 0.256 e. The van der Waals surface area contributed by atoms with Crippen LogP contribution >= 0.6 is 11.8 Å². The van der Waals surface area contributed by atoms with E-state index < -0.39 is 16.8 Å². The Morgan fingerprint density at radius 3 is 2.56 bits per heavy atom. The summed E-state index contributed by atoms with van der Waals surface area (Å²) in [4.78, 5) is 41.7. The number of benzene rings is 1. The van der Waals surface area contributed by atoms with Crippen LogP contribution in [0.2, 0.25) is 0 Å². The van der Waals surface area contributed by atoms with E-state index in [1.807, 2.05) is 52.0 Å². The minimum absolute atomic E-state index is 0.00184. The van der Waals surface area contributed by atoms with Crippen molar-refractivity contribution >= 4 is 29.5 Å². The lowest BCUT2D eigenvalue weighted by Crippen LogP contribution is -2.59. The zero-order chi connectivity index (χ0) is 23.0. The summed E-state index contributed by atoms with van der Waals surface area (Å²) < 4.78 is -0.461. The Balaban J connectivity index is 1.53. The normalized spacial score (nSPS) is 26.2. The lowest BCUT2D eigenvalue weighted by atomic mass is 9.93. The number of hydrogen-bond acceptors (Lipinski definition) is 4. The second kappa shape index (κ2) is 9.08. The van der Waals surface area contributed by atoms with Gasteiger partial charge in [-0.05, 0) is 44.2 Å². The molecule has 4 rings (SSSR count). The van der Waals surface area contributed by atoms with E-state index in [1.165, 1.54) is 6.42 Å². The van der Waals surface area contributed by atoms with Gasteiger partial charge in [-0.1, -0.05) is 57.7 Å². The highest BCUT2D eigenvalue weighted by molar-refractivity contribution is 8.01. The Bertz CT molecular complexity index is 896. The molecule has 2 N–H and O–H groups in total. The van der Waals surface area contributed by atoms with Gasteiger partial charge in [0, 0.05) is 16.4 Å². The van der Waals surface area contributed by atoms with Crippen LogP contribution in [-0.2, 0) is 9.59 Å². The molecule has 0 radical (unpaired) electrons. The molecule has 32 heavy (non-hydrogen) atoms. The Hall–Kier alpha value is -2.02. The fourth-order valence-electron chi connectivity index (χ4n) is 5.28. The number of carbonyl (C=O) groups excluding carboxylic acids is 3. The van der Waals surface area contributed by atoms with Gasteiger partial charge in [-0.25, -0.2) is 0 Å². The van der Waals surface area contributed by atoms with E-state index in [4.69, 9.17) is 0 Å². The summed E-state index contributed by atoms with van der Waals surface area (Å²) in [7, 11) is 0. The van der Waals surface area contributed by atoms with E-state index in [9.17, 15) is 14.4 Å². The highest BCUT2D eigenvalue weighted by Gasteiger charge is 2.57. The lowest BCUT2D eigenvalue weighted by Gasteiger charge is -2.33. The number of nitrogens with zero attached hydrogens (tertiary/aromatic N) is 1. The molecule has 2 aliphatic heterocycles. The first-order valence-corrected chi connectivity index (χ1v) is 12.8. The molecule has 0 spiro atoms. The Morgan fingerprint density at radius 1 is 1.19 bits per heavy atom. The van der Waals surface area contributed by atoms with Gasteiger partial charge < -0.3 is 15.5 Å². The molecule has 7 heteroatoms. The molecule has 3 amide bonds. The van der Waals surface area contributed by atoms with Crippen LogP contribution in [0, 0.1) is 5.92 Å². The highest BCUT2D eigenvalue weighted by Crippen LogP contribution is 2.56. The summed E-state index contributed by atoms with van der Waals surface area (Å²) in [6.07, 6.45) is 6.28. The van der Waals surface area contributed by atoms with Crippen molar-refractivity contribution in [3.05, 3.63) is 35.4 Å². The number of amides is 3. The molecule has 4 atom stereocenters. The van der Waals surface area contributed by atoms with Gasteiger partial charge in [-0.15, -0.1) is 11.8 Å². The van der Waals surface area contributed by atoms with Crippen molar-refractivity contribution in [2.24, 2.45) is 5.92 Å². The van der Waals surface area contributed by atoms with Gasteiger partial charge in [0.25, 0.3) is 5.91 Å². The maximum absolute atomic E-state index is 13.6. The molecule has 2 fully saturated rings. The first-order valence-electron chi connectivity index (χ1n) is 11.9. The second-order valence-corrected chi connectivity index (χ2v) is 11.7. The van der Waals surface area contributed by atoms with Crippen LogP contribution in [0.5, 0.6) is 0 Å². The predicted octanol–water partition coefficient (Wildman–Crippen LogP) is 4.01. The van der Waals surface area contributed by atoms with Gasteiger partial charge in [-0.2, -0.15) is 0 Å². The van der Waals surface area contributed by atoms with E-state index in [2.05, 4.69) is 10.6 Å². The maximum Gasteiger partial charge on any atom is 0.256 e. The molecule has 3 aliphatic rings. The van der Waals surface area contributed by atoms with Crippen molar-refractivity contribution in [1.29, 1.82) is 0 Å². The summed E-state index contributed by atoms with van der Waals surface area (Å²) in [5.74, 6) is -0.441. The molecule has 174 valence electrons. The Morgan fingerprint density at radius 2 is 1.88 bits per heavy atom. The topological polar surface area (TPSA) is 78.5 Å². The number of carbonyl (C=O) groups is 3. The quantitative estimate of drug-likeness (QED) is 0.676. The largest absolute Gasteiger partial charge is 0.352 e. The number of thioether (sulfide) groups is 1. The monoisotopic (exact) mass is 457 g/mol. The molecule has 0 aromatic heterocycles. The molecule has 1 saturated carbocycles. The molecule has 2 heterocycles. The van der Waals surface area contributed by atoms with Crippen molar-refractivity contribution in [3.63, 3.8) is 0 Å². The van der Waals surface area contributed by atoms with Crippen LogP contribution in [0.3, 0.4) is 0 Å². The molecule has 1 aliphatic carbocycles. The van der Waals surface area contributed by atoms with Gasteiger partial charge in [-0.3, -0.25) is 14.4 Å². The molecule has 6 nitrogen and oxygen atoms in total. The molecule has 0 bridgehead atoms. The molecule has 1 aromatic rings. The van der Waals surface area contributed by atoms with Crippen LogP contribution in [0.4, 0.5) is 0 Å². The van der Waals surface area contributed by atoms with Gasteiger partial charge >= 0.3 is 0 Å². The number of nitrogens with one attached hydrogen (secondary N) is 2. The average Bonchev–Trinajstić information content (AvgIpc) is 3.21. The van der Waals surface area contributed by atoms with E-state index in [-0.39, 0.29) is 35.1 Å². The first kappa shape index (κ1) is 23.1. The van der Waals surface area contributed by atoms with Crippen LogP contribution < -0.4 is 10.6 Å². The zero-order valence-corrected chi connectivity index (χ0v) is 20.3. The summed E-state index contributed by atoms with van der Waals surface area (Å²) in [6, 6.07) is 6.56. The summed E-state index contributed by atoms with van der Waals surface area (Å²) >= 11 is 1.64. The third kappa shape index (κ3) is 4.16. The zero-order valence-electron chi connectivity index (χ0n) is 19.5. The predicted molar refractivity (Wildman–Crippen MR) is 127 cm³/mol. The second-order valence-electron chi connectivity index (χ2n) is 9.99. The lowest BCUT2D eigenvalue weighted by molar-refractivity contribution is -0.133. The maximum atomic E-state index is 13.6. The molecule has 4 unspecified atom stereocenters. The van der Waals surface area contributed by atoms with Gasteiger partial charge in [0.2, 0.25) is 11.8 Å².